The van der Waals surface area contributed by atoms with Crippen molar-refractivity contribution in [2.24, 2.45) is 7.05 Å². The molecule has 1 aromatic heterocycles. The van der Waals surface area contributed by atoms with Crippen LogP contribution in [0.4, 0.5) is 0 Å². The number of aliphatic carboxylic acids is 1. The van der Waals surface area contributed by atoms with Gasteiger partial charge in [-0.15, -0.1) is 0 Å². The molecule has 0 saturated carbocycles. The number of rotatable bonds is 2. The first-order chi connectivity index (χ1) is 7.93. The van der Waals surface area contributed by atoms with E-state index in [1.54, 1.807) is 19.1 Å². The number of carboxylic acid groups (broad SMARTS) is 1. The second-order valence-corrected chi connectivity index (χ2v) is 4.40. The molecule has 17 heavy (non-hydrogen) atoms. The summed E-state index contributed by atoms with van der Waals surface area (Å²) in [5.41, 5.74) is 1.97. The average Bonchev–Trinajstić information content (AvgIpc) is 2.50. The highest BCUT2D eigenvalue weighted by Gasteiger charge is 2.24. The Balaban J connectivity index is 2.81. The molecular formula is C12H12ClNO3. The number of carbonyl (C=O) groups is 1. The van der Waals surface area contributed by atoms with Gasteiger partial charge in [0.05, 0.1) is 0 Å². The van der Waals surface area contributed by atoms with Gasteiger partial charge in [-0.05, 0) is 25.1 Å². The molecule has 0 fully saturated rings. The molecule has 5 heteroatoms. The summed E-state index contributed by atoms with van der Waals surface area (Å²) in [6, 6.07) is 5.22. The second kappa shape index (κ2) is 4.05. The zero-order chi connectivity index (χ0) is 12.7. The number of benzene rings is 1. The summed E-state index contributed by atoms with van der Waals surface area (Å²) in [6.45, 7) is 1.77. The highest BCUT2D eigenvalue weighted by Crippen LogP contribution is 2.31. The van der Waals surface area contributed by atoms with Gasteiger partial charge in [0.1, 0.15) is 0 Å². The van der Waals surface area contributed by atoms with E-state index in [-0.39, 0.29) is 0 Å². The van der Waals surface area contributed by atoms with Gasteiger partial charge in [0.2, 0.25) is 0 Å². The van der Waals surface area contributed by atoms with Gasteiger partial charge in [-0.3, -0.25) is 0 Å². The van der Waals surface area contributed by atoms with E-state index in [2.05, 4.69) is 0 Å². The SMILES string of the molecule is Cc1c(C(O)C(=O)O)c2cc(Cl)ccc2n1C. The van der Waals surface area contributed by atoms with Gasteiger partial charge in [-0.1, -0.05) is 11.6 Å². The van der Waals surface area contributed by atoms with Crippen molar-refractivity contribution < 1.29 is 15.0 Å². The van der Waals surface area contributed by atoms with Crippen LogP contribution < -0.4 is 0 Å². The molecule has 0 aliphatic heterocycles. The lowest BCUT2D eigenvalue weighted by molar-refractivity contribution is -0.146. The van der Waals surface area contributed by atoms with Crippen LogP contribution in [-0.2, 0) is 11.8 Å². The van der Waals surface area contributed by atoms with Crippen LogP contribution >= 0.6 is 11.6 Å². The fourth-order valence-electron chi connectivity index (χ4n) is 2.04. The maximum atomic E-state index is 10.9. The van der Waals surface area contributed by atoms with Crippen molar-refractivity contribution in [2.75, 3.05) is 0 Å². The molecular weight excluding hydrogens is 242 g/mol. The van der Waals surface area contributed by atoms with E-state index in [0.29, 0.717) is 16.0 Å². The van der Waals surface area contributed by atoms with Gasteiger partial charge in [-0.2, -0.15) is 0 Å². The minimum atomic E-state index is -1.53. The topological polar surface area (TPSA) is 62.5 Å². The Hall–Kier alpha value is -1.52. The fourth-order valence-corrected chi connectivity index (χ4v) is 2.21. The van der Waals surface area contributed by atoms with E-state index in [1.807, 2.05) is 17.7 Å². The molecule has 1 aromatic carbocycles. The average molecular weight is 254 g/mol. The van der Waals surface area contributed by atoms with Crippen molar-refractivity contribution in [2.45, 2.75) is 13.0 Å². The molecule has 4 nitrogen and oxygen atoms in total. The summed E-state index contributed by atoms with van der Waals surface area (Å²) < 4.78 is 1.84. The molecule has 2 rings (SSSR count). The van der Waals surface area contributed by atoms with Crippen molar-refractivity contribution in [3.63, 3.8) is 0 Å². The molecule has 1 atom stereocenters. The third-order valence-electron chi connectivity index (χ3n) is 3.01. The van der Waals surface area contributed by atoms with Gasteiger partial charge >= 0.3 is 5.97 Å². The lowest BCUT2D eigenvalue weighted by atomic mass is 10.1. The first-order valence-corrected chi connectivity index (χ1v) is 5.46. The smallest absolute Gasteiger partial charge is 0.337 e. The molecule has 0 spiro atoms. The summed E-state index contributed by atoms with van der Waals surface area (Å²) in [7, 11) is 1.82. The Morgan fingerprint density at radius 3 is 2.71 bits per heavy atom. The predicted molar refractivity (Wildman–Crippen MR) is 65.3 cm³/mol. The van der Waals surface area contributed by atoms with Crippen LogP contribution in [0.15, 0.2) is 18.2 Å². The number of aliphatic hydroxyl groups excluding tert-OH is 1. The van der Waals surface area contributed by atoms with Gasteiger partial charge in [0.25, 0.3) is 0 Å². The van der Waals surface area contributed by atoms with Gasteiger partial charge < -0.3 is 14.8 Å². The van der Waals surface area contributed by atoms with Crippen molar-refractivity contribution >= 4 is 28.5 Å². The number of nitrogens with zero attached hydrogens (tertiary/aromatic N) is 1. The number of aromatic nitrogens is 1. The number of aryl methyl sites for hydroxylation is 1. The Labute approximate surface area is 103 Å². The highest BCUT2D eigenvalue weighted by molar-refractivity contribution is 6.31. The zero-order valence-corrected chi connectivity index (χ0v) is 10.2. The monoisotopic (exact) mass is 253 g/mol. The lowest BCUT2D eigenvalue weighted by Crippen LogP contribution is -2.11. The molecule has 0 radical (unpaired) electrons. The lowest BCUT2D eigenvalue weighted by Gasteiger charge is -2.06. The first-order valence-electron chi connectivity index (χ1n) is 5.08. The van der Waals surface area contributed by atoms with Crippen molar-refractivity contribution in [1.82, 2.24) is 4.57 Å². The van der Waals surface area contributed by atoms with Crippen molar-refractivity contribution in [3.8, 4) is 0 Å². The maximum absolute atomic E-state index is 10.9. The van der Waals surface area contributed by atoms with E-state index >= 15 is 0 Å². The Morgan fingerprint density at radius 1 is 1.47 bits per heavy atom. The highest BCUT2D eigenvalue weighted by atomic mass is 35.5. The largest absolute Gasteiger partial charge is 0.479 e. The summed E-state index contributed by atoms with van der Waals surface area (Å²) in [5.74, 6) is -1.26. The van der Waals surface area contributed by atoms with Gasteiger partial charge in [0, 0.05) is 34.2 Å². The van der Waals surface area contributed by atoms with Crippen molar-refractivity contribution in [3.05, 3.63) is 34.5 Å². The molecule has 0 aliphatic carbocycles. The quantitative estimate of drug-likeness (QED) is 0.863. The zero-order valence-electron chi connectivity index (χ0n) is 9.44. The van der Waals surface area contributed by atoms with Crippen molar-refractivity contribution in [1.29, 1.82) is 0 Å². The molecule has 1 unspecified atom stereocenters. The summed E-state index contributed by atoms with van der Waals surface area (Å²) in [4.78, 5) is 10.9. The molecule has 90 valence electrons. The number of carboxylic acids is 1. The van der Waals surface area contributed by atoms with Crippen LogP contribution in [0.3, 0.4) is 0 Å². The standard InChI is InChI=1S/C12H12ClNO3/c1-6-10(11(15)12(16)17)8-5-7(13)3-4-9(8)14(6)2/h3-5,11,15H,1-2H3,(H,16,17). The minimum absolute atomic E-state index is 0.400. The molecule has 0 bridgehead atoms. The first kappa shape index (κ1) is 12.0. The number of halogens is 1. The summed E-state index contributed by atoms with van der Waals surface area (Å²) in [5, 5.41) is 19.8. The Bertz CT molecular complexity index is 603. The number of fused-ring (bicyclic) bond motifs is 1. The predicted octanol–water partition coefficient (Wildman–Crippen LogP) is 2.26. The van der Waals surface area contributed by atoms with E-state index in [0.717, 1.165) is 11.2 Å². The minimum Gasteiger partial charge on any atom is -0.479 e. The number of hydrogen-bond acceptors (Lipinski definition) is 2. The van der Waals surface area contributed by atoms with Gasteiger partial charge in [-0.25, -0.2) is 4.79 Å². The van der Waals surface area contributed by atoms with E-state index in [9.17, 15) is 9.90 Å². The van der Waals surface area contributed by atoms with E-state index in [1.165, 1.54) is 0 Å². The fraction of sp³-hybridized carbons (Fsp3) is 0.250. The van der Waals surface area contributed by atoms with E-state index in [4.69, 9.17) is 16.7 Å². The summed E-state index contributed by atoms with van der Waals surface area (Å²) >= 11 is 5.90. The molecule has 1 heterocycles. The molecule has 0 amide bonds. The Morgan fingerprint density at radius 2 is 2.12 bits per heavy atom. The van der Waals surface area contributed by atoms with Gasteiger partial charge in [0.15, 0.2) is 6.10 Å². The molecule has 0 saturated heterocycles. The second-order valence-electron chi connectivity index (χ2n) is 3.96. The van der Waals surface area contributed by atoms with Crippen LogP contribution in [-0.4, -0.2) is 20.7 Å². The third kappa shape index (κ3) is 1.79. The number of hydrogen-bond donors (Lipinski definition) is 2. The normalized spacial score (nSPS) is 12.9. The molecule has 2 N–H and O–H groups in total. The number of aliphatic hydroxyl groups is 1. The Kier molecular flexibility index (Phi) is 2.85. The van der Waals surface area contributed by atoms with Crippen LogP contribution in [0.1, 0.15) is 17.4 Å². The van der Waals surface area contributed by atoms with Crippen LogP contribution in [0.25, 0.3) is 10.9 Å². The van der Waals surface area contributed by atoms with Crippen LogP contribution in [0.2, 0.25) is 5.02 Å². The maximum Gasteiger partial charge on any atom is 0.337 e. The molecule has 0 aliphatic rings. The van der Waals surface area contributed by atoms with Crippen LogP contribution in [0, 0.1) is 6.92 Å². The third-order valence-corrected chi connectivity index (χ3v) is 3.25. The van der Waals surface area contributed by atoms with E-state index < -0.39 is 12.1 Å². The summed E-state index contributed by atoms with van der Waals surface area (Å²) in [6.07, 6.45) is -1.53. The van der Waals surface area contributed by atoms with Crippen LogP contribution in [0.5, 0.6) is 0 Å². The molecule has 2 aromatic rings.